The summed E-state index contributed by atoms with van der Waals surface area (Å²) in [7, 11) is 0. The number of thiazole rings is 1. The minimum Gasteiger partial charge on any atom is -0.484 e. The number of hydrogen-bond donors (Lipinski definition) is 4. The number of rotatable bonds is 5. The van der Waals surface area contributed by atoms with Gasteiger partial charge < -0.3 is 30.9 Å². The minimum absolute atomic E-state index is 0.172. The second-order valence-electron chi connectivity index (χ2n) is 11.9. The van der Waals surface area contributed by atoms with Crippen LogP contribution in [0.2, 0.25) is 0 Å². The van der Waals surface area contributed by atoms with E-state index in [1.807, 2.05) is 44.2 Å². The van der Waals surface area contributed by atoms with E-state index in [0.29, 0.717) is 25.1 Å². The van der Waals surface area contributed by atoms with Crippen molar-refractivity contribution >= 4 is 40.9 Å². The molecular weight excluding hydrogens is 620 g/mol. The topological polar surface area (TPSA) is 159 Å². The van der Waals surface area contributed by atoms with E-state index in [1.165, 1.54) is 16.2 Å². The fourth-order valence-electron chi connectivity index (χ4n) is 5.80. The Labute approximate surface area is 277 Å². The number of nitrogens with one attached hydrogen (secondary N) is 4. The van der Waals surface area contributed by atoms with Crippen LogP contribution in [-0.2, 0) is 43.4 Å². The van der Waals surface area contributed by atoms with Crippen molar-refractivity contribution in [1.29, 1.82) is 0 Å². The Hall–Kier alpha value is -4.78. The van der Waals surface area contributed by atoms with E-state index in [0.717, 1.165) is 26.7 Å². The van der Waals surface area contributed by atoms with Gasteiger partial charge in [-0.1, -0.05) is 42.5 Å². The molecular formula is C34H40N6O6S. The van der Waals surface area contributed by atoms with Gasteiger partial charge in [-0.05, 0) is 56.9 Å². The third-order valence-corrected chi connectivity index (χ3v) is 9.37. The van der Waals surface area contributed by atoms with Crippen LogP contribution in [0.1, 0.15) is 46.5 Å². The standard InChI is InChI=1S/C34H40N6O6S/c1-20-29(47-22(3)36-20)18-35-32(43)26-16-24-11-13-25(14-12-24)46-19-30(41)38-27(17-23-8-5-4-6-9-23)34(45)40-15-7-10-28(40)33(44)37-21(2)31(42)39-26/h4-6,8-9,11-14,21,26-28H,7,10,15-19H2,1-3H3,(H,35,43)(H,37,44)(H,38,41)(H,39,42)/t21-,26-,27+,28+/m0/s1. The molecule has 5 amide bonds. The molecule has 0 spiro atoms. The number of carbonyl (C=O) groups excluding carboxylic acids is 5. The zero-order valence-corrected chi connectivity index (χ0v) is 27.5. The van der Waals surface area contributed by atoms with Crippen molar-refractivity contribution < 1.29 is 28.7 Å². The number of nitrogens with zero attached hydrogens (tertiary/aromatic N) is 2. The van der Waals surface area contributed by atoms with Gasteiger partial charge >= 0.3 is 0 Å². The van der Waals surface area contributed by atoms with E-state index in [2.05, 4.69) is 26.3 Å². The lowest BCUT2D eigenvalue weighted by Crippen LogP contribution is -2.57. The molecule has 1 aromatic heterocycles. The number of aryl methyl sites for hydroxylation is 2. The molecule has 0 aliphatic carbocycles. The molecule has 0 radical (unpaired) electrons. The van der Waals surface area contributed by atoms with Crippen molar-refractivity contribution in [2.45, 2.75) is 77.2 Å². The van der Waals surface area contributed by atoms with E-state index < -0.39 is 41.9 Å². The lowest BCUT2D eigenvalue weighted by molar-refractivity contribution is -0.142. The summed E-state index contributed by atoms with van der Waals surface area (Å²) in [6.07, 6.45) is 1.41. The smallest absolute Gasteiger partial charge is 0.258 e. The molecule has 3 aromatic rings. The number of fused-ring (bicyclic) bond motifs is 13. The van der Waals surface area contributed by atoms with E-state index in [4.69, 9.17) is 4.74 Å². The summed E-state index contributed by atoms with van der Waals surface area (Å²) in [6.45, 7) is 5.60. The van der Waals surface area contributed by atoms with Crippen LogP contribution in [0.15, 0.2) is 54.6 Å². The molecule has 1 fully saturated rings. The molecule has 3 aliphatic heterocycles. The summed E-state index contributed by atoms with van der Waals surface area (Å²) < 4.78 is 5.73. The second-order valence-corrected chi connectivity index (χ2v) is 13.2. The van der Waals surface area contributed by atoms with Gasteiger partial charge in [-0.15, -0.1) is 11.3 Å². The van der Waals surface area contributed by atoms with Crippen LogP contribution in [-0.4, -0.2) is 76.7 Å². The molecule has 2 bridgehead atoms. The number of hydrogen-bond acceptors (Lipinski definition) is 8. The van der Waals surface area contributed by atoms with E-state index >= 15 is 0 Å². The molecule has 47 heavy (non-hydrogen) atoms. The van der Waals surface area contributed by atoms with Gasteiger partial charge in [-0.2, -0.15) is 0 Å². The van der Waals surface area contributed by atoms with Crippen molar-refractivity contribution in [1.82, 2.24) is 31.2 Å². The van der Waals surface area contributed by atoms with Gasteiger partial charge in [0.2, 0.25) is 23.6 Å². The predicted molar refractivity (Wildman–Crippen MR) is 175 cm³/mol. The average Bonchev–Trinajstić information content (AvgIpc) is 3.68. The zero-order valence-electron chi connectivity index (χ0n) is 26.7. The maximum absolute atomic E-state index is 13.9. The first-order chi connectivity index (χ1) is 22.6. The molecule has 6 rings (SSSR count). The lowest BCUT2D eigenvalue weighted by atomic mass is 10.0. The first-order valence-electron chi connectivity index (χ1n) is 15.7. The number of ether oxygens (including phenoxy) is 1. The van der Waals surface area contributed by atoms with Crippen LogP contribution in [0.4, 0.5) is 0 Å². The van der Waals surface area contributed by atoms with E-state index in [9.17, 15) is 24.0 Å². The first-order valence-corrected chi connectivity index (χ1v) is 16.6. The first kappa shape index (κ1) is 33.6. The zero-order chi connectivity index (χ0) is 33.5. The molecule has 12 nitrogen and oxygen atoms in total. The SMILES string of the molecule is Cc1nc(C)c(CNC(=O)[C@@H]2Cc3ccc(cc3)OCC(=O)N[C@H](Cc3ccccc3)C(=O)N3CCC[C@@H]3C(=O)N[C@@H](C)C(=O)N2)s1. The molecule has 248 valence electrons. The van der Waals surface area contributed by atoms with Gasteiger partial charge in [0.25, 0.3) is 5.91 Å². The largest absolute Gasteiger partial charge is 0.484 e. The molecule has 4 atom stereocenters. The van der Waals surface area contributed by atoms with E-state index in [-0.39, 0.29) is 37.8 Å². The van der Waals surface area contributed by atoms with Crippen molar-refractivity contribution in [2.24, 2.45) is 0 Å². The molecule has 13 heteroatoms. The summed E-state index contributed by atoms with van der Waals surface area (Å²) in [5.41, 5.74) is 2.43. The Kier molecular flexibility index (Phi) is 10.9. The lowest BCUT2D eigenvalue weighted by Gasteiger charge is -2.29. The highest BCUT2D eigenvalue weighted by Crippen LogP contribution is 2.21. The van der Waals surface area contributed by atoms with Crippen molar-refractivity contribution in [3.8, 4) is 5.75 Å². The van der Waals surface area contributed by atoms with Crippen LogP contribution in [0.5, 0.6) is 5.75 Å². The highest BCUT2D eigenvalue weighted by molar-refractivity contribution is 7.11. The third kappa shape index (κ3) is 8.73. The Bertz CT molecular complexity index is 1610. The summed E-state index contributed by atoms with van der Waals surface area (Å²) in [6, 6.07) is 12.5. The van der Waals surface area contributed by atoms with E-state index in [1.54, 1.807) is 31.2 Å². The minimum atomic E-state index is -0.987. The van der Waals surface area contributed by atoms with Crippen LogP contribution in [0, 0.1) is 13.8 Å². The summed E-state index contributed by atoms with van der Waals surface area (Å²) in [4.78, 5) is 74.0. The normalized spacial score (nSPS) is 22.6. The fourth-order valence-corrected chi connectivity index (χ4v) is 6.68. The Morgan fingerprint density at radius 3 is 2.45 bits per heavy atom. The number of benzene rings is 2. The maximum Gasteiger partial charge on any atom is 0.258 e. The van der Waals surface area contributed by atoms with Crippen LogP contribution >= 0.6 is 11.3 Å². The maximum atomic E-state index is 13.9. The molecule has 1 saturated heterocycles. The third-order valence-electron chi connectivity index (χ3n) is 8.30. The fraction of sp³-hybridized carbons (Fsp3) is 0.412. The Morgan fingerprint density at radius 2 is 1.74 bits per heavy atom. The van der Waals surface area contributed by atoms with Gasteiger partial charge in [0.05, 0.1) is 17.2 Å². The number of aromatic nitrogens is 1. The Balaban J connectivity index is 1.37. The van der Waals surface area contributed by atoms with Gasteiger partial charge in [0.15, 0.2) is 6.61 Å². The molecule has 4 N–H and O–H groups in total. The van der Waals surface area contributed by atoms with Crippen LogP contribution < -0.4 is 26.0 Å². The summed E-state index contributed by atoms with van der Waals surface area (Å²) in [5.74, 6) is -1.84. The highest BCUT2D eigenvalue weighted by atomic mass is 32.1. The van der Waals surface area contributed by atoms with Gasteiger partial charge in [0.1, 0.15) is 29.9 Å². The van der Waals surface area contributed by atoms with Gasteiger partial charge in [0, 0.05) is 24.3 Å². The quantitative estimate of drug-likeness (QED) is 0.325. The van der Waals surface area contributed by atoms with Crippen molar-refractivity contribution in [2.75, 3.05) is 13.2 Å². The number of carbonyl (C=O) groups is 5. The van der Waals surface area contributed by atoms with Crippen LogP contribution in [0.3, 0.4) is 0 Å². The summed E-state index contributed by atoms with van der Waals surface area (Å²) in [5, 5.41) is 12.2. The van der Waals surface area contributed by atoms with Gasteiger partial charge in [-0.3, -0.25) is 24.0 Å². The van der Waals surface area contributed by atoms with Gasteiger partial charge in [-0.25, -0.2) is 4.98 Å². The molecule has 0 saturated carbocycles. The molecule has 4 heterocycles. The Morgan fingerprint density at radius 1 is 1.00 bits per heavy atom. The van der Waals surface area contributed by atoms with Crippen LogP contribution in [0.25, 0.3) is 0 Å². The van der Waals surface area contributed by atoms with Crippen molar-refractivity contribution in [3.63, 3.8) is 0 Å². The molecule has 3 aliphatic rings. The highest BCUT2D eigenvalue weighted by Gasteiger charge is 2.39. The number of amides is 5. The average molecular weight is 661 g/mol. The summed E-state index contributed by atoms with van der Waals surface area (Å²) >= 11 is 1.49. The molecule has 0 unspecified atom stereocenters. The monoisotopic (exact) mass is 660 g/mol. The second kappa shape index (κ2) is 15.2. The predicted octanol–water partition coefficient (Wildman–Crippen LogP) is 1.72. The van der Waals surface area contributed by atoms with Crippen molar-refractivity contribution in [3.05, 3.63) is 81.3 Å². The molecule has 2 aromatic carbocycles.